The lowest BCUT2D eigenvalue weighted by molar-refractivity contribution is -0.134. The Morgan fingerprint density at radius 1 is 0.386 bits per heavy atom. The van der Waals surface area contributed by atoms with E-state index in [1.54, 1.807) is 0 Å². The molecule has 1 fully saturated rings. The van der Waals surface area contributed by atoms with Crippen molar-refractivity contribution >= 4 is 5.91 Å². The van der Waals surface area contributed by atoms with Gasteiger partial charge in [-0.15, -0.1) is 0 Å². The Hall–Kier alpha value is -0.690. The van der Waals surface area contributed by atoms with Crippen molar-refractivity contribution in [3.8, 4) is 0 Å². The Labute approximate surface area is 358 Å². The number of hydrogen-bond acceptors (Lipinski definition) is 5. The Morgan fingerprint density at radius 3 is 1.14 bits per heavy atom. The van der Waals surface area contributed by atoms with Gasteiger partial charge in [-0.1, -0.05) is 201 Å². The number of nitrogens with zero attached hydrogens (tertiary/aromatic N) is 4. The largest absolute Gasteiger partial charge is 0.381 e. The summed E-state index contributed by atoms with van der Waals surface area (Å²) >= 11 is 0. The molecule has 0 saturated carbocycles. The monoisotopic (exact) mass is 805 g/mol. The highest BCUT2D eigenvalue weighted by molar-refractivity contribution is 5.78. The number of rotatable bonds is 45. The van der Waals surface area contributed by atoms with Crippen molar-refractivity contribution in [1.82, 2.24) is 19.6 Å². The minimum atomic E-state index is 0.376. The van der Waals surface area contributed by atoms with Crippen LogP contribution in [0.4, 0.5) is 0 Å². The van der Waals surface area contributed by atoms with E-state index in [1.807, 2.05) is 0 Å². The summed E-state index contributed by atoms with van der Waals surface area (Å²) in [5, 5.41) is 0. The molecule has 1 heterocycles. The maximum atomic E-state index is 13.8. The number of amides is 1. The highest BCUT2D eigenvalue weighted by Gasteiger charge is 2.23. The van der Waals surface area contributed by atoms with Crippen LogP contribution in [-0.4, -0.2) is 111 Å². The molecule has 0 aliphatic carbocycles. The van der Waals surface area contributed by atoms with Crippen LogP contribution in [0, 0.1) is 0 Å². The maximum Gasteiger partial charge on any atom is 0.236 e. The zero-order valence-corrected chi connectivity index (χ0v) is 39.6. The number of carbonyl (C=O) groups is 1. The molecule has 1 aliphatic rings. The van der Waals surface area contributed by atoms with E-state index in [0.717, 1.165) is 59.0 Å². The SMILES string of the molecule is CCCCCCCCCN(CCCCCCCCC)CCN(CCCCCCCCC)CC(=O)N1CCN(CCCCCCCCCOCCCCCCC)CC1. The highest BCUT2D eigenvalue weighted by atomic mass is 16.5. The number of hydrogen-bond donors (Lipinski definition) is 0. The van der Waals surface area contributed by atoms with Crippen molar-refractivity contribution < 1.29 is 9.53 Å². The van der Waals surface area contributed by atoms with E-state index in [1.165, 1.54) is 232 Å². The normalized spacial score (nSPS) is 13.8. The molecule has 1 rings (SSSR count). The van der Waals surface area contributed by atoms with Gasteiger partial charge in [0.25, 0.3) is 0 Å². The zero-order valence-electron chi connectivity index (χ0n) is 39.6. The first kappa shape index (κ1) is 54.3. The molecule has 0 radical (unpaired) electrons. The quantitative estimate of drug-likeness (QED) is 0.0573. The van der Waals surface area contributed by atoms with Crippen LogP contribution in [-0.2, 0) is 9.53 Å². The zero-order chi connectivity index (χ0) is 41.1. The average Bonchev–Trinajstić information content (AvgIpc) is 3.22. The minimum Gasteiger partial charge on any atom is -0.381 e. The second-order valence-electron chi connectivity index (χ2n) is 18.2. The van der Waals surface area contributed by atoms with Gasteiger partial charge in [-0.05, 0) is 64.7 Å². The summed E-state index contributed by atoms with van der Waals surface area (Å²) in [6.45, 7) is 22.6. The van der Waals surface area contributed by atoms with Crippen molar-refractivity contribution in [2.75, 3.05) is 85.2 Å². The first-order valence-electron chi connectivity index (χ1n) is 26.2. The van der Waals surface area contributed by atoms with Crippen LogP contribution in [0.1, 0.15) is 240 Å². The van der Waals surface area contributed by atoms with E-state index < -0.39 is 0 Å². The molecule has 340 valence electrons. The van der Waals surface area contributed by atoms with E-state index in [9.17, 15) is 4.79 Å². The van der Waals surface area contributed by atoms with Crippen LogP contribution in [0.5, 0.6) is 0 Å². The van der Waals surface area contributed by atoms with Crippen LogP contribution in [0.25, 0.3) is 0 Å². The Kier molecular flexibility index (Phi) is 41.4. The van der Waals surface area contributed by atoms with E-state index in [4.69, 9.17) is 4.74 Å². The van der Waals surface area contributed by atoms with Gasteiger partial charge in [0.15, 0.2) is 0 Å². The van der Waals surface area contributed by atoms with Gasteiger partial charge in [0.1, 0.15) is 0 Å². The summed E-state index contributed by atoms with van der Waals surface area (Å²) in [6.07, 6.45) is 44.5. The first-order chi connectivity index (χ1) is 28.1. The van der Waals surface area contributed by atoms with Crippen molar-refractivity contribution in [3.63, 3.8) is 0 Å². The molecule has 1 amide bonds. The molecular weight excluding hydrogens is 701 g/mol. The molecule has 57 heavy (non-hydrogen) atoms. The summed E-state index contributed by atoms with van der Waals surface area (Å²) in [6, 6.07) is 0. The van der Waals surface area contributed by atoms with E-state index >= 15 is 0 Å². The Bertz CT molecular complexity index is 786. The molecule has 0 aromatic rings. The molecular formula is C51H104N4O2. The number of ether oxygens (including phenoxy) is 1. The third kappa shape index (κ3) is 35.7. The van der Waals surface area contributed by atoms with E-state index in [0.29, 0.717) is 12.5 Å². The van der Waals surface area contributed by atoms with Crippen LogP contribution in [0.2, 0.25) is 0 Å². The van der Waals surface area contributed by atoms with Crippen LogP contribution < -0.4 is 0 Å². The molecule has 0 unspecified atom stereocenters. The topological polar surface area (TPSA) is 39.3 Å². The molecule has 6 heteroatoms. The summed E-state index contributed by atoms with van der Waals surface area (Å²) in [7, 11) is 0. The summed E-state index contributed by atoms with van der Waals surface area (Å²) < 4.78 is 5.84. The van der Waals surface area contributed by atoms with Gasteiger partial charge in [-0.25, -0.2) is 0 Å². The average molecular weight is 805 g/mol. The minimum absolute atomic E-state index is 0.376. The lowest BCUT2D eigenvalue weighted by Crippen LogP contribution is -2.51. The van der Waals surface area contributed by atoms with Crippen LogP contribution >= 0.6 is 0 Å². The molecule has 0 spiro atoms. The molecule has 0 bridgehead atoms. The molecule has 0 aromatic carbocycles. The van der Waals surface area contributed by atoms with Crippen molar-refractivity contribution in [3.05, 3.63) is 0 Å². The fourth-order valence-electron chi connectivity index (χ4n) is 8.61. The molecule has 1 saturated heterocycles. The standard InChI is InChI=1S/C51H104N4O2/c1-5-9-13-17-21-26-32-38-52(39-33-27-22-18-14-10-6-2)42-43-54(41-35-29-23-19-15-11-7-3)50-51(56)55-46-44-53(45-47-55)40-34-28-24-20-25-31-37-49-57-48-36-30-16-12-8-4/h5-50H2,1-4H3. The smallest absolute Gasteiger partial charge is 0.236 e. The second kappa shape index (κ2) is 43.4. The number of piperazine rings is 1. The fourth-order valence-corrected chi connectivity index (χ4v) is 8.61. The predicted octanol–water partition coefficient (Wildman–Crippen LogP) is 13.7. The fraction of sp³-hybridized carbons (Fsp3) is 0.980. The lowest BCUT2D eigenvalue weighted by atomic mass is 10.1. The van der Waals surface area contributed by atoms with Crippen LogP contribution in [0.3, 0.4) is 0 Å². The number of carbonyl (C=O) groups excluding carboxylic acids is 1. The van der Waals surface area contributed by atoms with Gasteiger partial charge in [0, 0.05) is 52.5 Å². The first-order valence-corrected chi connectivity index (χ1v) is 26.2. The maximum absolute atomic E-state index is 13.8. The summed E-state index contributed by atoms with van der Waals surface area (Å²) in [5.41, 5.74) is 0. The predicted molar refractivity (Wildman–Crippen MR) is 252 cm³/mol. The Balaban J connectivity index is 2.44. The van der Waals surface area contributed by atoms with Gasteiger partial charge in [-0.2, -0.15) is 0 Å². The van der Waals surface area contributed by atoms with Crippen LogP contribution in [0.15, 0.2) is 0 Å². The van der Waals surface area contributed by atoms with Crippen molar-refractivity contribution in [1.29, 1.82) is 0 Å². The number of unbranched alkanes of at least 4 members (excludes halogenated alkanes) is 28. The van der Waals surface area contributed by atoms with Gasteiger partial charge in [0.05, 0.1) is 6.54 Å². The molecule has 0 atom stereocenters. The van der Waals surface area contributed by atoms with Gasteiger partial charge in [0.2, 0.25) is 5.91 Å². The highest BCUT2D eigenvalue weighted by Crippen LogP contribution is 2.14. The van der Waals surface area contributed by atoms with E-state index in [2.05, 4.69) is 47.3 Å². The van der Waals surface area contributed by atoms with Gasteiger partial charge in [-0.3, -0.25) is 14.6 Å². The molecule has 6 nitrogen and oxygen atoms in total. The molecule has 0 N–H and O–H groups in total. The van der Waals surface area contributed by atoms with E-state index in [-0.39, 0.29) is 0 Å². The van der Waals surface area contributed by atoms with Crippen molar-refractivity contribution in [2.45, 2.75) is 240 Å². The van der Waals surface area contributed by atoms with Gasteiger partial charge < -0.3 is 14.5 Å². The third-order valence-corrected chi connectivity index (χ3v) is 12.7. The molecule has 1 aliphatic heterocycles. The summed E-state index contributed by atoms with van der Waals surface area (Å²) in [4.78, 5) is 23.9. The summed E-state index contributed by atoms with van der Waals surface area (Å²) in [5.74, 6) is 0.376. The Morgan fingerprint density at radius 2 is 0.719 bits per heavy atom. The third-order valence-electron chi connectivity index (χ3n) is 12.7. The van der Waals surface area contributed by atoms with Crippen molar-refractivity contribution in [2.24, 2.45) is 0 Å². The lowest BCUT2D eigenvalue weighted by Gasteiger charge is -2.36. The molecule has 0 aromatic heterocycles. The van der Waals surface area contributed by atoms with Gasteiger partial charge >= 0.3 is 0 Å². The second-order valence-corrected chi connectivity index (χ2v) is 18.2.